The van der Waals surface area contributed by atoms with E-state index in [2.05, 4.69) is 0 Å². The number of halogens is 2. The highest BCUT2D eigenvalue weighted by atomic mass is 35.5. The molecule has 1 amide bonds. The van der Waals surface area contributed by atoms with Crippen LogP contribution in [-0.4, -0.2) is 41.6 Å². The van der Waals surface area contributed by atoms with Crippen LogP contribution in [0.1, 0.15) is 47.0 Å². The molecule has 1 aliphatic heterocycles. The average Bonchev–Trinajstić information content (AvgIpc) is 2.82. The van der Waals surface area contributed by atoms with E-state index in [4.69, 9.17) is 25.5 Å². The molecule has 7 nitrogen and oxygen atoms in total. The van der Waals surface area contributed by atoms with Crippen molar-refractivity contribution in [2.75, 3.05) is 13.1 Å². The Balaban J connectivity index is 1.47. The third kappa shape index (κ3) is 6.72. The molecular formula is C29H31ClFNO6. The number of nitrogens with zero attached hydrogens (tertiary/aromatic N) is 1. The van der Waals surface area contributed by atoms with Gasteiger partial charge >= 0.3 is 11.6 Å². The third-order valence-corrected chi connectivity index (χ3v) is 6.62. The summed E-state index contributed by atoms with van der Waals surface area (Å²) in [5.41, 5.74) is 0.101. The predicted octanol–water partition coefficient (Wildman–Crippen LogP) is 5.99. The number of esters is 1. The van der Waals surface area contributed by atoms with Crippen LogP contribution in [0.15, 0.2) is 51.7 Å². The molecule has 0 N–H and O–H groups in total. The summed E-state index contributed by atoms with van der Waals surface area (Å²) in [5, 5.41) is 0.758. The van der Waals surface area contributed by atoms with Gasteiger partial charge in [0.05, 0.1) is 11.4 Å². The minimum Gasteiger partial charge on any atom is -0.481 e. The van der Waals surface area contributed by atoms with E-state index in [1.807, 2.05) is 20.8 Å². The maximum absolute atomic E-state index is 13.5. The summed E-state index contributed by atoms with van der Waals surface area (Å²) in [4.78, 5) is 39.4. The van der Waals surface area contributed by atoms with Crippen LogP contribution in [-0.2, 0) is 14.3 Å². The van der Waals surface area contributed by atoms with E-state index in [-0.39, 0.29) is 34.8 Å². The first-order valence-electron chi connectivity index (χ1n) is 12.6. The molecule has 1 aliphatic rings. The van der Waals surface area contributed by atoms with Gasteiger partial charge in [-0.05, 0) is 76.8 Å². The molecule has 1 aromatic heterocycles. The van der Waals surface area contributed by atoms with Crippen LogP contribution in [0.2, 0.25) is 5.02 Å². The molecule has 0 spiro atoms. The van der Waals surface area contributed by atoms with Crippen LogP contribution in [0.5, 0.6) is 5.75 Å². The first kappa shape index (κ1) is 27.6. The molecule has 38 heavy (non-hydrogen) atoms. The maximum atomic E-state index is 13.5. The normalized spacial score (nSPS) is 16.8. The molecule has 9 heteroatoms. The van der Waals surface area contributed by atoms with Crippen molar-refractivity contribution in [1.29, 1.82) is 0 Å². The molecule has 0 bridgehead atoms. The molecule has 3 aromatic rings. The van der Waals surface area contributed by atoms with Crippen LogP contribution in [0.4, 0.5) is 4.39 Å². The number of hydrogen-bond donors (Lipinski definition) is 0. The number of hydrogen-bond acceptors (Lipinski definition) is 6. The molecule has 202 valence electrons. The van der Waals surface area contributed by atoms with Gasteiger partial charge in [-0.15, -0.1) is 0 Å². The highest BCUT2D eigenvalue weighted by Gasteiger charge is 2.30. The highest BCUT2D eigenvalue weighted by molar-refractivity contribution is 6.33. The second-order valence-corrected chi connectivity index (χ2v) is 11.0. The van der Waals surface area contributed by atoms with Gasteiger partial charge in [0.15, 0.2) is 6.10 Å². The summed E-state index contributed by atoms with van der Waals surface area (Å²) in [6, 6.07) is 10.2. The van der Waals surface area contributed by atoms with Gasteiger partial charge in [-0.2, -0.15) is 0 Å². The Morgan fingerprint density at radius 3 is 2.63 bits per heavy atom. The Bertz CT molecular complexity index is 1410. The zero-order valence-corrected chi connectivity index (χ0v) is 22.6. The van der Waals surface area contributed by atoms with E-state index in [0.29, 0.717) is 35.4 Å². The average molecular weight is 544 g/mol. The van der Waals surface area contributed by atoms with E-state index in [0.717, 1.165) is 12.8 Å². The Morgan fingerprint density at radius 2 is 1.92 bits per heavy atom. The molecular weight excluding hydrogens is 513 g/mol. The smallest absolute Gasteiger partial charge is 0.336 e. The maximum Gasteiger partial charge on any atom is 0.336 e. The third-order valence-electron chi connectivity index (χ3n) is 6.30. The number of carbonyl (C=O) groups is 2. The molecule has 2 aromatic carbocycles. The molecule has 2 atom stereocenters. The molecule has 0 aliphatic carbocycles. The van der Waals surface area contributed by atoms with Crippen LogP contribution in [0.25, 0.3) is 22.1 Å². The summed E-state index contributed by atoms with van der Waals surface area (Å²) in [7, 11) is 0. The molecule has 0 saturated carbocycles. The lowest BCUT2D eigenvalue weighted by Gasteiger charge is -2.34. The zero-order valence-electron chi connectivity index (χ0n) is 21.9. The highest BCUT2D eigenvalue weighted by Crippen LogP contribution is 2.34. The predicted molar refractivity (Wildman–Crippen MR) is 143 cm³/mol. The van der Waals surface area contributed by atoms with E-state index in [9.17, 15) is 18.8 Å². The number of fused-ring (bicyclic) bond motifs is 1. The number of carbonyl (C=O) groups excluding carboxylic acids is 2. The fourth-order valence-corrected chi connectivity index (χ4v) is 4.98. The van der Waals surface area contributed by atoms with Crippen LogP contribution in [0.3, 0.4) is 0 Å². The van der Waals surface area contributed by atoms with Gasteiger partial charge < -0.3 is 18.8 Å². The Hall–Kier alpha value is -3.39. The van der Waals surface area contributed by atoms with Crippen molar-refractivity contribution >= 4 is 34.4 Å². The zero-order chi connectivity index (χ0) is 27.6. The summed E-state index contributed by atoms with van der Waals surface area (Å²) in [5.74, 6) is -0.551. The summed E-state index contributed by atoms with van der Waals surface area (Å²) in [6.45, 7) is 8.20. The monoisotopic (exact) mass is 543 g/mol. The summed E-state index contributed by atoms with van der Waals surface area (Å²) in [6.07, 6.45) is 1.11. The quantitative estimate of drug-likeness (QED) is 0.280. The van der Waals surface area contributed by atoms with Crippen molar-refractivity contribution in [3.8, 4) is 16.9 Å². The first-order chi connectivity index (χ1) is 17.9. The van der Waals surface area contributed by atoms with Crippen molar-refractivity contribution in [2.24, 2.45) is 5.92 Å². The van der Waals surface area contributed by atoms with Crippen molar-refractivity contribution in [3.05, 3.63) is 63.7 Å². The molecule has 2 heterocycles. The molecule has 1 saturated heterocycles. The lowest BCUT2D eigenvalue weighted by molar-refractivity contribution is -0.157. The molecule has 4 rings (SSSR count). The number of rotatable bonds is 6. The Kier molecular flexibility index (Phi) is 8.11. The van der Waals surface area contributed by atoms with Gasteiger partial charge in [0.1, 0.15) is 22.8 Å². The molecule has 0 radical (unpaired) electrons. The van der Waals surface area contributed by atoms with Gasteiger partial charge in [0.2, 0.25) is 0 Å². The van der Waals surface area contributed by atoms with E-state index in [1.165, 1.54) is 24.3 Å². The Labute approximate surface area is 225 Å². The van der Waals surface area contributed by atoms with E-state index >= 15 is 0 Å². The van der Waals surface area contributed by atoms with Gasteiger partial charge in [0, 0.05) is 41.7 Å². The van der Waals surface area contributed by atoms with Gasteiger partial charge in [-0.3, -0.25) is 9.59 Å². The van der Waals surface area contributed by atoms with Gasteiger partial charge in [0.25, 0.3) is 5.91 Å². The van der Waals surface area contributed by atoms with Crippen LogP contribution < -0.4 is 10.4 Å². The summed E-state index contributed by atoms with van der Waals surface area (Å²) < 4.78 is 30.3. The lowest BCUT2D eigenvalue weighted by atomic mass is 9.94. The number of ether oxygens (including phenoxy) is 2. The van der Waals surface area contributed by atoms with Crippen LogP contribution >= 0.6 is 11.6 Å². The van der Waals surface area contributed by atoms with Crippen LogP contribution in [0, 0.1) is 11.7 Å². The number of piperidine rings is 1. The fraction of sp³-hybridized carbons (Fsp3) is 0.414. The topological polar surface area (TPSA) is 86.0 Å². The lowest BCUT2D eigenvalue weighted by Crippen LogP contribution is -2.46. The standard InChI is InChI=1S/C29H31ClFNO6/c1-17(28(35)32-11-5-6-18(16-32)12-27(34)38-29(2,3)4)36-20-8-10-22-23(15-26(33)37-25(22)14-20)21-9-7-19(31)13-24(21)30/h7-10,13-15,17-18H,5-6,11-12,16H2,1-4H3/t17?,18-/m1/s1. The second kappa shape index (κ2) is 11.2. The first-order valence-corrected chi connectivity index (χ1v) is 13.0. The minimum atomic E-state index is -0.797. The van der Waals surface area contributed by atoms with Crippen molar-refractivity contribution in [3.63, 3.8) is 0 Å². The molecule has 1 unspecified atom stereocenters. The summed E-state index contributed by atoms with van der Waals surface area (Å²) >= 11 is 6.23. The van der Waals surface area contributed by atoms with Crippen molar-refractivity contribution in [2.45, 2.75) is 58.7 Å². The van der Waals surface area contributed by atoms with Crippen molar-refractivity contribution in [1.82, 2.24) is 4.90 Å². The Morgan fingerprint density at radius 1 is 1.16 bits per heavy atom. The number of likely N-dealkylation sites (tertiary alicyclic amines) is 1. The van der Waals surface area contributed by atoms with E-state index < -0.39 is 23.1 Å². The second-order valence-electron chi connectivity index (χ2n) is 10.6. The number of benzene rings is 2. The largest absolute Gasteiger partial charge is 0.481 e. The van der Waals surface area contributed by atoms with Crippen molar-refractivity contribution < 1.29 is 27.9 Å². The minimum absolute atomic E-state index is 0.0291. The molecule has 1 fully saturated rings. The van der Waals surface area contributed by atoms with Gasteiger partial charge in [-0.1, -0.05) is 11.6 Å². The fourth-order valence-electron chi connectivity index (χ4n) is 4.71. The number of amides is 1. The van der Waals surface area contributed by atoms with E-state index in [1.54, 1.807) is 30.0 Å². The van der Waals surface area contributed by atoms with Gasteiger partial charge in [-0.25, -0.2) is 9.18 Å². The SMILES string of the molecule is CC(Oc1ccc2c(-c3ccc(F)cc3Cl)cc(=O)oc2c1)C(=O)N1CCC[C@H](CC(=O)OC(C)(C)C)C1.